The highest BCUT2D eigenvalue weighted by atomic mass is 35.5. The molecule has 4 rings (SSSR count). The van der Waals surface area contributed by atoms with Crippen LogP contribution in [-0.4, -0.2) is 19.3 Å². The molecule has 0 fully saturated rings. The summed E-state index contributed by atoms with van der Waals surface area (Å²) in [7, 11) is 0. The molecule has 1 aliphatic rings. The molecule has 29 heavy (non-hydrogen) atoms. The van der Waals surface area contributed by atoms with Crippen molar-refractivity contribution < 1.29 is 4.74 Å². The van der Waals surface area contributed by atoms with Gasteiger partial charge in [0.15, 0.2) is 5.75 Å². The van der Waals surface area contributed by atoms with E-state index >= 15 is 0 Å². The summed E-state index contributed by atoms with van der Waals surface area (Å²) in [4.78, 5) is 37.6. The summed E-state index contributed by atoms with van der Waals surface area (Å²) in [5.74, 6) is 0.272. The molecule has 1 aliphatic heterocycles. The van der Waals surface area contributed by atoms with Gasteiger partial charge in [0.1, 0.15) is 5.75 Å². The topological polar surface area (TPSA) is 125 Å². The Morgan fingerprint density at radius 1 is 1.21 bits per heavy atom. The van der Waals surface area contributed by atoms with E-state index in [9.17, 15) is 14.4 Å². The number of nitrogen functional groups attached to an aromatic ring is 1. The van der Waals surface area contributed by atoms with Gasteiger partial charge >= 0.3 is 5.69 Å². The Morgan fingerprint density at radius 2 is 1.90 bits per heavy atom. The highest BCUT2D eigenvalue weighted by Gasteiger charge is 2.24. The molecule has 0 unspecified atom stereocenters. The second-order valence-electron chi connectivity index (χ2n) is 6.64. The van der Waals surface area contributed by atoms with Crippen LogP contribution in [0.2, 0.25) is 10.0 Å². The number of nitrogens with one attached hydrogen (secondary N) is 1. The minimum Gasteiger partial charge on any atom is -0.452 e. The first-order valence-corrected chi connectivity index (χ1v) is 9.42. The van der Waals surface area contributed by atoms with Gasteiger partial charge in [-0.15, -0.1) is 5.10 Å². The number of nitrogens with two attached hydrogens (primary N) is 1. The predicted molar refractivity (Wildman–Crippen MR) is 109 cm³/mol. The fraction of sp³-hybridized carbons (Fsp3) is 0.222. The predicted octanol–water partition coefficient (Wildman–Crippen LogP) is 2.27. The summed E-state index contributed by atoms with van der Waals surface area (Å²) in [6.07, 6.45) is 1.52. The quantitative estimate of drug-likeness (QED) is 0.649. The van der Waals surface area contributed by atoms with Gasteiger partial charge in [-0.2, -0.15) is 4.68 Å². The van der Waals surface area contributed by atoms with Gasteiger partial charge in [-0.3, -0.25) is 14.6 Å². The molecule has 0 amide bonds. The number of ether oxygens (including phenoxy) is 1. The van der Waals surface area contributed by atoms with Gasteiger partial charge in [-0.05, 0) is 38.0 Å². The number of hydrogen-bond acceptors (Lipinski definition) is 6. The summed E-state index contributed by atoms with van der Waals surface area (Å²) >= 11 is 12.7. The van der Waals surface area contributed by atoms with E-state index in [1.165, 1.54) is 18.2 Å². The average Bonchev–Trinajstić information content (AvgIpc) is 3.05. The lowest BCUT2D eigenvalue weighted by Crippen LogP contribution is -2.33. The molecule has 0 saturated carbocycles. The van der Waals surface area contributed by atoms with Gasteiger partial charge in [-0.1, -0.05) is 23.2 Å². The number of pyridine rings is 1. The number of aromatic nitrogens is 4. The van der Waals surface area contributed by atoms with Crippen LogP contribution in [0.25, 0.3) is 5.69 Å². The van der Waals surface area contributed by atoms with Crippen molar-refractivity contribution in [1.29, 1.82) is 0 Å². The van der Waals surface area contributed by atoms with Crippen LogP contribution in [0.3, 0.4) is 0 Å². The monoisotopic (exact) mass is 435 g/mol. The Kier molecular flexibility index (Phi) is 4.71. The van der Waals surface area contributed by atoms with Crippen LogP contribution in [0.5, 0.6) is 11.5 Å². The van der Waals surface area contributed by atoms with Gasteiger partial charge in [0, 0.05) is 12.1 Å². The molecule has 0 bridgehead atoms. The molecule has 0 spiro atoms. The zero-order chi connectivity index (χ0) is 20.9. The molecule has 1 atom stereocenters. The van der Waals surface area contributed by atoms with Gasteiger partial charge < -0.3 is 15.0 Å². The number of hydrogen-bond donors (Lipinski definition) is 2. The maximum atomic E-state index is 12.1. The summed E-state index contributed by atoms with van der Waals surface area (Å²) in [5.41, 5.74) is 4.78. The minimum absolute atomic E-state index is 0.0815. The van der Waals surface area contributed by atoms with E-state index in [-0.39, 0.29) is 38.9 Å². The van der Waals surface area contributed by atoms with E-state index in [0.29, 0.717) is 12.2 Å². The first-order chi connectivity index (χ1) is 13.8. The van der Waals surface area contributed by atoms with Crippen LogP contribution in [0.1, 0.15) is 25.1 Å². The van der Waals surface area contributed by atoms with Crippen molar-refractivity contribution in [1.82, 2.24) is 19.3 Å². The smallest absolute Gasteiger partial charge is 0.349 e. The third-order valence-electron chi connectivity index (χ3n) is 4.72. The molecule has 3 heterocycles. The number of H-pyrrole nitrogens is 1. The van der Waals surface area contributed by atoms with Gasteiger partial charge in [-0.25, -0.2) is 4.79 Å². The number of nitrogens with zero attached hydrogens (tertiary/aromatic N) is 3. The molecule has 150 valence electrons. The van der Waals surface area contributed by atoms with E-state index in [4.69, 9.17) is 33.7 Å². The first kappa shape index (κ1) is 19.3. The molecule has 3 N–H and O–H groups in total. The van der Waals surface area contributed by atoms with Crippen LogP contribution in [0.15, 0.2) is 38.6 Å². The Hall–Kier alpha value is -3.04. The zero-order valence-electron chi connectivity index (χ0n) is 15.1. The van der Waals surface area contributed by atoms with Crippen LogP contribution < -0.4 is 27.3 Å². The van der Waals surface area contributed by atoms with E-state index in [1.807, 2.05) is 6.92 Å². The van der Waals surface area contributed by atoms with Crippen molar-refractivity contribution in [3.63, 3.8) is 0 Å². The van der Waals surface area contributed by atoms with Crippen LogP contribution >= 0.6 is 23.2 Å². The normalized spacial score (nSPS) is 15.3. The standard InChI is InChI=1S/C18H15Cl2N5O4/c1-8-2-3-12-13(4-5-14(26)24(8)12)29-15-10(19)6-9(7-11(15)20)25-18(28)22-17(27)16(21)23-25/h4-8H,2-3H2,1H3,(H2,21,23)(H,22,27,28)/t8-/m1/s1. The van der Waals surface area contributed by atoms with Gasteiger partial charge in [0.05, 0.1) is 21.4 Å². The fourth-order valence-electron chi connectivity index (χ4n) is 3.33. The zero-order valence-corrected chi connectivity index (χ0v) is 16.6. The average molecular weight is 436 g/mol. The molecule has 0 saturated heterocycles. The van der Waals surface area contributed by atoms with E-state index in [1.54, 1.807) is 10.6 Å². The third kappa shape index (κ3) is 3.32. The van der Waals surface area contributed by atoms with Crippen molar-refractivity contribution in [3.8, 4) is 17.2 Å². The summed E-state index contributed by atoms with van der Waals surface area (Å²) in [6.45, 7) is 1.97. The Labute approximate surface area is 173 Å². The van der Waals surface area contributed by atoms with E-state index in [2.05, 4.69) is 10.1 Å². The lowest BCUT2D eigenvalue weighted by atomic mass is 10.2. The highest BCUT2D eigenvalue weighted by Crippen LogP contribution is 2.40. The SMILES string of the molecule is C[C@@H]1CCc2c(Oc3c(Cl)cc(-n4nc(N)c(=O)[nH]c4=O)cc3Cl)ccc(=O)n21. The van der Waals surface area contributed by atoms with Crippen LogP contribution in [-0.2, 0) is 6.42 Å². The molecule has 0 radical (unpaired) electrons. The van der Waals surface area contributed by atoms with E-state index in [0.717, 1.165) is 16.8 Å². The molecule has 9 nitrogen and oxygen atoms in total. The number of halogens is 2. The maximum Gasteiger partial charge on any atom is 0.349 e. The summed E-state index contributed by atoms with van der Waals surface area (Å²) in [5, 5.41) is 3.97. The molecule has 1 aromatic carbocycles. The second-order valence-corrected chi connectivity index (χ2v) is 7.45. The number of benzene rings is 1. The molecular weight excluding hydrogens is 421 g/mol. The Morgan fingerprint density at radius 3 is 2.59 bits per heavy atom. The van der Waals surface area contributed by atoms with Crippen LogP contribution in [0.4, 0.5) is 5.82 Å². The maximum absolute atomic E-state index is 12.1. The Bertz CT molecular complexity index is 1290. The first-order valence-electron chi connectivity index (χ1n) is 8.67. The third-order valence-corrected chi connectivity index (χ3v) is 5.28. The van der Waals surface area contributed by atoms with Gasteiger partial charge in [0.25, 0.3) is 11.1 Å². The highest BCUT2D eigenvalue weighted by molar-refractivity contribution is 6.37. The van der Waals surface area contributed by atoms with E-state index < -0.39 is 11.2 Å². The van der Waals surface area contributed by atoms with Crippen LogP contribution in [0, 0.1) is 0 Å². The van der Waals surface area contributed by atoms with Crippen molar-refractivity contribution in [2.45, 2.75) is 25.8 Å². The van der Waals surface area contributed by atoms with Gasteiger partial charge in [0.2, 0.25) is 5.82 Å². The Balaban J connectivity index is 1.77. The summed E-state index contributed by atoms with van der Waals surface area (Å²) < 4.78 is 8.50. The lowest BCUT2D eigenvalue weighted by molar-refractivity contribution is 0.467. The minimum atomic E-state index is -0.792. The molecule has 0 aliphatic carbocycles. The van der Waals surface area contributed by atoms with Crippen molar-refractivity contribution in [3.05, 3.63) is 71.2 Å². The lowest BCUT2D eigenvalue weighted by Gasteiger charge is -2.15. The fourth-order valence-corrected chi connectivity index (χ4v) is 3.89. The number of aromatic amines is 1. The van der Waals surface area contributed by atoms with Crippen molar-refractivity contribution in [2.24, 2.45) is 0 Å². The number of fused-ring (bicyclic) bond motifs is 1. The molecule has 11 heteroatoms. The number of rotatable bonds is 3. The summed E-state index contributed by atoms with van der Waals surface area (Å²) in [6, 6.07) is 5.92. The van der Waals surface area contributed by atoms with Crippen molar-refractivity contribution in [2.75, 3.05) is 5.73 Å². The largest absolute Gasteiger partial charge is 0.452 e. The molecule has 2 aromatic heterocycles. The second kappa shape index (κ2) is 7.09. The van der Waals surface area contributed by atoms with Crippen molar-refractivity contribution >= 4 is 29.0 Å². The number of anilines is 1. The molecular formula is C18H15Cl2N5O4. The molecule has 3 aromatic rings.